The van der Waals surface area contributed by atoms with Gasteiger partial charge >= 0.3 is 0 Å². The third-order valence-electron chi connectivity index (χ3n) is 7.86. The number of nitrogens with one attached hydrogen (secondary N) is 2. The maximum atomic E-state index is 13.2. The van der Waals surface area contributed by atoms with Gasteiger partial charge in [0.2, 0.25) is 0 Å². The number of nitrogens with zero attached hydrogens (tertiary/aromatic N) is 1. The topological polar surface area (TPSA) is 111 Å². The standard InChI is InChI=1S/C32H28ClN3O5S/c1-20-5-10-23(17-30(20)33)35-42(39,40)26-15-16-31-29(18-26)27-3-2-4-28(27)32(34-31)22-8-13-25(14-9-22)41-19-21-6-11-24(12-7-21)36(37)38/h2-3,5-18,27-28,32,34-35H,4,19H2,1H3/t27-,28+,32+/m0/s1. The van der Waals surface area contributed by atoms with Gasteiger partial charge in [-0.1, -0.05) is 42.0 Å². The Labute approximate surface area is 249 Å². The molecule has 0 aromatic heterocycles. The predicted octanol–water partition coefficient (Wildman–Crippen LogP) is 7.76. The number of allylic oxidation sites excluding steroid dienone is 2. The maximum absolute atomic E-state index is 13.2. The molecule has 8 nitrogen and oxygen atoms in total. The van der Waals surface area contributed by atoms with Crippen LogP contribution < -0.4 is 14.8 Å². The fourth-order valence-electron chi connectivity index (χ4n) is 5.59. The molecule has 0 saturated carbocycles. The number of hydrogen-bond donors (Lipinski definition) is 2. The van der Waals surface area contributed by atoms with Gasteiger partial charge < -0.3 is 10.1 Å². The van der Waals surface area contributed by atoms with Gasteiger partial charge in [0.1, 0.15) is 12.4 Å². The van der Waals surface area contributed by atoms with Crippen LogP contribution in [0, 0.1) is 23.0 Å². The lowest BCUT2D eigenvalue weighted by atomic mass is 9.77. The summed E-state index contributed by atoms with van der Waals surface area (Å²) in [4.78, 5) is 10.6. The van der Waals surface area contributed by atoms with E-state index in [1.165, 1.54) is 12.1 Å². The number of aryl methyl sites for hydroxylation is 1. The molecular weight excluding hydrogens is 574 g/mol. The molecule has 0 saturated heterocycles. The number of sulfonamides is 1. The Kier molecular flexibility index (Phi) is 7.38. The van der Waals surface area contributed by atoms with Crippen molar-refractivity contribution in [3.05, 3.63) is 134 Å². The van der Waals surface area contributed by atoms with Crippen molar-refractivity contribution in [2.75, 3.05) is 10.0 Å². The Balaban J connectivity index is 1.18. The van der Waals surface area contributed by atoms with E-state index in [2.05, 4.69) is 22.2 Å². The molecular formula is C32H28ClN3O5S. The van der Waals surface area contributed by atoms with Gasteiger partial charge in [-0.2, -0.15) is 0 Å². The lowest BCUT2D eigenvalue weighted by molar-refractivity contribution is -0.384. The monoisotopic (exact) mass is 601 g/mol. The van der Waals surface area contributed by atoms with Crippen molar-refractivity contribution in [1.29, 1.82) is 0 Å². The van der Waals surface area contributed by atoms with Gasteiger partial charge in [-0.3, -0.25) is 14.8 Å². The van der Waals surface area contributed by atoms with E-state index in [9.17, 15) is 18.5 Å². The normalized spacial score (nSPS) is 19.0. The number of non-ortho nitro benzene ring substituents is 1. The first-order valence-corrected chi connectivity index (χ1v) is 15.4. The average Bonchev–Trinajstić information content (AvgIpc) is 3.48. The Morgan fingerprint density at radius 1 is 1.02 bits per heavy atom. The second-order valence-electron chi connectivity index (χ2n) is 10.6. The van der Waals surface area contributed by atoms with Crippen molar-refractivity contribution in [2.45, 2.75) is 36.8 Å². The minimum Gasteiger partial charge on any atom is -0.489 e. The van der Waals surface area contributed by atoms with E-state index in [4.69, 9.17) is 16.3 Å². The van der Waals surface area contributed by atoms with Crippen molar-refractivity contribution in [1.82, 2.24) is 0 Å². The summed E-state index contributed by atoms with van der Waals surface area (Å²) in [6.07, 6.45) is 5.20. The number of nitro groups is 1. The molecule has 0 fully saturated rings. The first kappa shape index (κ1) is 27.8. The number of hydrogen-bond acceptors (Lipinski definition) is 6. The predicted molar refractivity (Wildman–Crippen MR) is 164 cm³/mol. The van der Waals surface area contributed by atoms with Crippen LogP contribution in [0.1, 0.15) is 40.6 Å². The number of anilines is 2. The van der Waals surface area contributed by atoms with E-state index in [0.29, 0.717) is 23.1 Å². The van der Waals surface area contributed by atoms with Gasteiger partial charge in [0.05, 0.1) is 21.5 Å². The minimum absolute atomic E-state index is 0.0384. The molecule has 0 amide bonds. The van der Waals surface area contributed by atoms with Crippen LogP contribution >= 0.6 is 11.6 Å². The van der Waals surface area contributed by atoms with Crippen LogP contribution in [0.4, 0.5) is 17.1 Å². The highest BCUT2D eigenvalue weighted by Gasteiger charge is 2.38. The van der Waals surface area contributed by atoms with Gasteiger partial charge in [0, 0.05) is 28.8 Å². The summed E-state index contributed by atoms with van der Waals surface area (Å²) in [5.41, 5.74) is 5.15. The van der Waals surface area contributed by atoms with E-state index in [1.807, 2.05) is 37.3 Å². The Hall–Kier alpha value is -4.34. The van der Waals surface area contributed by atoms with Crippen molar-refractivity contribution in [3.8, 4) is 5.75 Å². The molecule has 214 valence electrons. The third kappa shape index (κ3) is 5.57. The van der Waals surface area contributed by atoms with Crippen LogP contribution in [0.5, 0.6) is 5.75 Å². The molecule has 0 bridgehead atoms. The van der Waals surface area contributed by atoms with Crippen LogP contribution in [0.15, 0.2) is 102 Å². The van der Waals surface area contributed by atoms with Crippen LogP contribution in [0.2, 0.25) is 5.02 Å². The van der Waals surface area contributed by atoms with Crippen LogP contribution in [-0.4, -0.2) is 13.3 Å². The zero-order valence-corrected chi connectivity index (χ0v) is 24.2. The summed E-state index contributed by atoms with van der Waals surface area (Å²) >= 11 is 6.20. The highest BCUT2D eigenvalue weighted by Crippen LogP contribution is 2.50. The summed E-state index contributed by atoms with van der Waals surface area (Å²) in [5.74, 6) is 1.01. The molecule has 3 atom stereocenters. The smallest absolute Gasteiger partial charge is 0.269 e. The van der Waals surface area contributed by atoms with Gasteiger partial charge in [-0.15, -0.1) is 0 Å². The van der Waals surface area contributed by atoms with E-state index < -0.39 is 14.9 Å². The maximum Gasteiger partial charge on any atom is 0.269 e. The number of halogens is 1. The lowest BCUT2D eigenvalue weighted by Crippen LogP contribution is -2.29. The number of nitro benzene ring substituents is 1. The van der Waals surface area contributed by atoms with Crippen molar-refractivity contribution < 1.29 is 18.1 Å². The van der Waals surface area contributed by atoms with Gasteiger partial charge in [0.15, 0.2) is 0 Å². The molecule has 10 heteroatoms. The number of ether oxygens (including phenoxy) is 1. The number of rotatable bonds is 8. The average molecular weight is 602 g/mol. The first-order valence-electron chi connectivity index (χ1n) is 13.5. The number of benzene rings is 4. The summed E-state index contributed by atoms with van der Waals surface area (Å²) in [6.45, 7) is 2.17. The molecule has 0 radical (unpaired) electrons. The summed E-state index contributed by atoms with van der Waals surface area (Å²) in [6, 6.07) is 24.6. The van der Waals surface area contributed by atoms with Crippen LogP contribution in [-0.2, 0) is 16.6 Å². The highest BCUT2D eigenvalue weighted by molar-refractivity contribution is 7.92. The Bertz CT molecular complexity index is 1790. The zero-order chi connectivity index (χ0) is 29.4. The second-order valence-corrected chi connectivity index (χ2v) is 12.7. The largest absolute Gasteiger partial charge is 0.489 e. The molecule has 42 heavy (non-hydrogen) atoms. The molecule has 0 spiro atoms. The molecule has 0 unspecified atom stereocenters. The van der Waals surface area contributed by atoms with Crippen LogP contribution in [0.3, 0.4) is 0 Å². The zero-order valence-electron chi connectivity index (χ0n) is 22.7. The van der Waals surface area contributed by atoms with Gasteiger partial charge in [-0.25, -0.2) is 8.42 Å². The van der Waals surface area contributed by atoms with Crippen molar-refractivity contribution >= 4 is 38.7 Å². The van der Waals surface area contributed by atoms with Crippen molar-refractivity contribution in [3.63, 3.8) is 0 Å². The first-order chi connectivity index (χ1) is 20.2. The van der Waals surface area contributed by atoms with Gasteiger partial charge in [-0.05, 0) is 96.1 Å². The van der Waals surface area contributed by atoms with E-state index in [0.717, 1.165) is 34.4 Å². The molecule has 2 aliphatic rings. The van der Waals surface area contributed by atoms with E-state index in [1.54, 1.807) is 42.5 Å². The fraction of sp³-hybridized carbons (Fsp3) is 0.188. The number of fused-ring (bicyclic) bond motifs is 3. The summed E-state index contributed by atoms with van der Waals surface area (Å²) in [7, 11) is -3.81. The molecule has 6 rings (SSSR count). The third-order valence-corrected chi connectivity index (χ3v) is 9.65. The Morgan fingerprint density at radius 3 is 2.50 bits per heavy atom. The second kappa shape index (κ2) is 11.2. The summed E-state index contributed by atoms with van der Waals surface area (Å²) < 4.78 is 35.0. The molecule has 1 heterocycles. The highest BCUT2D eigenvalue weighted by atomic mass is 35.5. The molecule has 2 N–H and O–H groups in total. The van der Waals surface area contributed by atoms with E-state index >= 15 is 0 Å². The molecule has 4 aromatic rings. The van der Waals surface area contributed by atoms with Crippen LogP contribution in [0.25, 0.3) is 0 Å². The Morgan fingerprint density at radius 2 is 1.79 bits per heavy atom. The van der Waals surface area contributed by atoms with E-state index in [-0.39, 0.29) is 28.5 Å². The lowest BCUT2D eigenvalue weighted by Gasteiger charge is -2.37. The SMILES string of the molecule is Cc1ccc(NS(=O)(=O)c2ccc3c(c2)[C@H]2C=CC[C@H]2[C@@H](c2ccc(OCc4ccc([N+](=O)[O-])cc4)cc2)N3)cc1Cl. The minimum atomic E-state index is -3.81. The molecule has 1 aliphatic heterocycles. The molecule has 1 aliphatic carbocycles. The quantitative estimate of drug-likeness (QED) is 0.121. The van der Waals surface area contributed by atoms with Gasteiger partial charge in [0.25, 0.3) is 15.7 Å². The molecule has 4 aromatic carbocycles. The van der Waals surface area contributed by atoms with Crippen molar-refractivity contribution in [2.24, 2.45) is 5.92 Å². The summed E-state index contributed by atoms with van der Waals surface area (Å²) in [5, 5.41) is 15.0. The fourth-order valence-corrected chi connectivity index (χ4v) is 6.86.